The van der Waals surface area contributed by atoms with Gasteiger partial charge < -0.3 is 15.0 Å². The fourth-order valence-electron chi connectivity index (χ4n) is 3.17. The second kappa shape index (κ2) is 7.74. The van der Waals surface area contributed by atoms with Crippen molar-refractivity contribution in [1.82, 2.24) is 14.1 Å². The molecule has 2 aromatic rings. The third kappa shape index (κ3) is 3.37. The SMILES string of the molecule is CCCOCCC1Nc2c(c(=O)n(C)c(=O)n2C)N1Cc1ccccn1. The number of rotatable bonds is 7. The number of hydrogen-bond acceptors (Lipinski definition) is 6. The maximum atomic E-state index is 12.8. The van der Waals surface area contributed by atoms with E-state index in [1.54, 1.807) is 13.2 Å². The lowest BCUT2D eigenvalue weighted by atomic mass is 10.2. The molecule has 0 amide bonds. The first-order chi connectivity index (χ1) is 12.5. The molecule has 0 saturated carbocycles. The number of nitrogens with one attached hydrogen (secondary N) is 1. The molecule has 1 atom stereocenters. The molecule has 8 heteroatoms. The Labute approximate surface area is 152 Å². The molecule has 1 N–H and O–H groups in total. The molecule has 0 aliphatic carbocycles. The van der Waals surface area contributed by atoms with Crippen LogP contribution in [0.2, 0.25) is 0 Å². The summed E-state index contributed by atoms with van der Waals surface area (Å²) in [6.45, 7) is 3.83. The van der Waals surface area contributed by atoms with Crippen LogP contribution in [0.5, 0.6) is 0 Å². The van der Waals surface area contributed by atoms with Gasteiger partial charge in [-0.2, -0.15) is 0 Å². The quantitative estimate of drug-likeness (QED) is 0.745. The summed E-state index contributed by atoms with van der Waals surface area (Å²) in [6.07, 6.45) is 3.26. The van der Waals surface area contributed by atoms with Gasteiger partial charge in [0.2, 0.25) is 0 Å². The van der Waals surface area contributed by atoms with E-state index in [-0.39, 0.29) is 17.4 Å². The van der Waals surface area contributed by atoms with E-state index in [9.17, 15) is 9.59 Å². The minimum atomic E-state index is -0.345. The van der Waals surface area contributed by atoms with E-state index < -0.39 is 0 Å². The molecule has 8 nitrogen and oxygen atoms in total. The molecule has 2 aromatic heterocycles. The summed E-state index contributed by atoms with van der Waals surface area (Å²) < 4.78 is 8.24. The van der Waals surface area contributed by atoms with Crippen LogP contribution < -0.4 is 21.5 Å². The molecule has 1 aliphatic rings. The second-order valence-corrected chi connectivity index (χ2v) is 6.41. The number of hydrogen-bond donors (Lipinski definition) is 1. The Bertz CT molecular complexity index is 875. The zero-order chi connectivity index (χ0) is 18.7. The predicted octanol–water partition coefficient (Wildman–Crippen LogP) is 1.05. The highest BCUT2D eigenvalue weighted by molar-refractivity contribution is 5.71. The summed E-state index contributed by atoms with van der Waals surface area (Å²) in [6, 6.07) is 5.71. The molecule has 3 rings (SSSR count). The highest BCUT2D eigenvalue weighted by Crippen LogP contribution is 2.32. The summed E-state index contributed by atoms with van der Waals surface area (Å²) in [4.78, 5) is 31.4. The van der Waals surface area contributed by atoms with Gasteiger partial charge >= 0.3 is 5.69 Å². The van der Waals surface area contributed by atoms with Gasteiger partial charge in [-0.1, -0.05) is 13.0 Å². The maximum Gasteiger partial charge on any atom is 0.332 e. The van der Waals surface area contributed by atoms with Crippen LogP contribution in [0.15, 0.2) is 34.0 Å². The molecule has 0 fully saturated rings. The third-order valence-electron chi connectivity index (χ3n) is 4.55. The zero-order valence-electron chi connectivity index (χ0n) is 15.4. The molecular formula is C18H25N5O3. The molecule has 0 bridgehead atoms. The van der Waals surface area contributed by atoms with E-state index in [0.29, 0.717) is 37.7 Å². The first-order valence-electron chi connectivity index (χ1n) is 8.85. The normalized spacial score (nSPS) is 15.8. The summed E-state index contributed by atoms with van der Waals surface area (Å²) in [5.74, 6) is 0.550. The van der Waals surface area contributed by atoms with Gasteiger partial charge in [-0.25, -0.2) is 4.79 Å². The summed E-state index contributed by atoms with van der Waals surface area (Å²) in [5.41, 5.74) is 0.712. The number of pyridine rings is 1. The van der Waals surface area contributed by atoms with E-state index in [4.69, 9.17) is 4.74 Å². The van der Waals surface area contributed by atoms with Crippen LogP contribution in [0.4, 0.5) is 11.5 Å². The number of nitrogens with zero attached hydrogens (tertiary/aromatic N) is 4. The largest absolute Gasteiger partial charge is 0.381 e. The minimum absolute atomic E-state index is 0.135. The van der Waals surface area contributed by atoms with E-state index >= 15 is 0 Å². The standard InChI is InChI=1S/C18H25N5O3/c1-4-10-26-11-8-14-20-16-15(17(24)22(3)18(25)21(16)2)23(14)12-13-7-5-6-9-19-13/h5-7,9,14,20H,4,8,10-12H2,1-3H3. The lowest BCUT2D eigenvalue weighted by Gasteiger charge is -2.26. The van der Waals surface area contributed by atoms with Crippen molar-refractivity contribution < 1.29 is 4.74 Å². The van der Waals surface area contributed by atoms with E-state index in [1.807, 2.05) is 23.1 Å². The molecule has 0 spiro atoms. The Kier molecular flexibility index (Phi) is 5.41. The van der Waals surface area contributed by atoms with E-state index in [1.165, 1.54) is 11.6 Å². The Hall–Kier alpha value is -2.61. The number of aromatic nitrogens is 3. The predicted molar refractivity (Wildman–Crippen MR) is 100 cm³/mol. The van der Waals surface area contributed by atoms with Gasteiger partial charge in [0.15, 0.2) is 0 Å². The maximum absolute atomic E-state index is 12.8. The van der Waals surface area contributed by atoms with Gasteiger partial charge in [0.25, 0.3) is 5.56 Å². The monoisotopic (exact) mass is 359 g/mol. The van der Waals surface area contributed by atoms with Crippen LogP contribution >= 0.6 is 0 Å². The fourth-order valence-corrected chi connectivity index (χ4v) is 3.17. The highest BCUT2D eigenvalue weighted by Gasteiger charge is 2.34. The van der Waals surface area contributed by atoms with Gasteiger partial charge in [0, 0.05) is 33.3 Å². The topological polar surface area (TPSA) is 81.4 Å². The fraction of sp³-hybridized carbons (Fsp3) is 0.500. The number of ether oxygens (including phenoxy) is 1. The summed E-state index contributed by atoms with van der Waals surface area (Å²) in [5, 5.41) is 3.33. The lowest BCUT2D eigenvalue weighted by Crippen LogP contribution is -2.41. The molecule has 3 heterocycles. The molecule has 0 aromatic carbocycles. The van der Waals surface area contributed by atoms with Crippen molar-refractivity contribution in [2.75, 3.05) is 23.4 Å². The van der Waals surface area contributed by atoms with Crippen molar-refractivity contribution >= 4 is 11.5 Å². The number of fused-ring (bicyclic) bond motifs is 1. The Morgan fingerprint density at radius 3 is 2.69 bits per heavy atom. The Morgan fingerprint density at radius 1 is 1.19 bits per heavy atom. The van der Waals surface area contributed by atoms with Gasteiger partial charge in [-0.05, 0) is 18.6 Å². The highest BCUT2D eigenvalue weighted by atomic mass is 16.5. The Morgan fingerprint density at radius 2 is 2.00 bits per heavy atom. The van der Waals surface area contributed by atoms with Crippen LogP contribution in [0.3, 0.4) is 0 Å². The first kappa shape index (κ1) is 18.2. The van der Waals surface area contributed by atoms with Crippen molar-refractivity contribution in [2.24, 2.45) is 14.1 Å². The molecule has 1 aliphatic heterocycles. The molecular weight excluding hydrogens is 334 g/mol. The molecule has 140 valence electrons. The minimum Gasteiger partial charge on any atom is -0.381 e. The van der Waals surface area contributed by atoms with E-state index in [2.05, 4.69) is 17.2 Å². The first-order valence-corrected chi connectivity index (χ1v) is 8.85. The second-order valence-electron chi connectivity index (χ2n) is 6.41. The number of anilines is 2. The van der Waals surface area contributed by atoms with Crippen molar-refractivity contribution in [2.45, 2.75) is 32.5 Å². The molecule has 0 saturated heterocycles. The molecule has 0 radical (unpaired) electrons. The van der Waals surface area contributed by atoms with Crippen LogP contribution in [0, 0.1) is 0 Å². The van der Waals surface area contributed by atoms with Crippen LogP contribution in [-0.4, -0.2) is 33.5 Å². The third-order valence-corrected chi connectivity index (χ3v) is 4.55. The smallest absolute Gasteiger partial charge is 0.332 e. The van der Waals surface area contributed by atoms with E-state index in [0.717, 1.165) is 16.7 Å². The van der Waals surface area contributed by atoms with Crippen molar-refractivity contribution in [3.63, 3.8) is 0 Å². The zero-order valence-corrected chi connectivity index (χ0v) is 15.4. The Balaban J connectivity index is 1.96. The van der Waals surface area contributed by atoms with Gasteiger partial charge in [-0.15, -0.1) is 0 Å². The van der Waals surface area contributed by atoms with Gasteiger partial charge in [-0.3, -0.25) is 18.9 Å². The summed E-state index contributed by atoms with van der Waals surface area (Å²) in [7, 11) is 3.17. The van der Waals surface area contributed by atoms with Gasteiger partial charge in [0.1, 0.15) is 17.7 Å². The average Bonchev–Trinajstić information content (AvgIpc) is 3.01. The van der Waals surface area contributed by atoms with Crippen LogP contribution in [0.25, 0.3) is 0 Å². The molecule has 1 unspecified atom stereocenters. The van der Waals surface area contributed by atoms with Crippen molar-refractivity contribution in [3.8, 4) is 0 Å². The lowest BCUT2D eigenvalue weighted by molar-refractivity contribution is 0.129. The van der Waals surface area contributed by atoms with Crippen LogP contribution in [-0.2, 0) is 25.4 Å². The molecule has 26 heavy (non-hydrogen) atoms. The summed E-state index contributed by atoms with van der Waals surface area (Å²) >= 11 is 0. The van der Waals surface area contributed by atoms with Crippen LogP contribution in [0.1, 0.15) is 25.5 Å². The van der Waals surface area contributed by atoms with Crippen molar-refractivity contribution in [1.29, 1.82) is 0 Å². The van der Waals surface area contributed by atoms with Gasteiger partial charge in [0.05, 0.1) is 18.8 Å². The van der Waals surface area contributed by atoms with Crippen molar-refractivity contribution in [3.05, 3.63) is 50.9 Å². The average molecular weight is 359 g/mol.